The Morgan fingerprint density at radius 3 is 2.50 bits per heavy atom. The Balaban J connectivity index is 1.56. The first-order valence-electron chi connectivity index (χ1n) is 7.02. The van der Waals surface area contributed by atoms with Crippen molar-refractivity contribution in [1.82, 2.24) is 5.32 Å². The number of nitriles is 1. The number of rotatable bonds is 4. The standard InChI is InChI=1S/C16H20N2/c17-12-16(14-7-2-1-3-8-14)9-15(10-16)18-11-13-5-4-6-13/h1-3,7-8,13,15,18H,4-6,9-11H2. The molecule has 1 aromatic carbocycles. The molecule has 0 radical (unpaired) electrons. The van der Waals surface area contributed by atoms with Crippen molar-refractivity contribution in [1.29, 1.82) is 5.26 Å². The quantitative estimate of drug-likeness (QED) is 0.878. The minimum atomic E-state index is -0.224. The van der Waals surface area contributed by atoms with Crippen LogP contribution in [0.2, 0.25) is 0 Å². The Labute approximate surface area is 109 Å². The lowest BCUT2D eigenvalue weighted by molar-refractivity contribution is 0.199. The third kappa shape index (κ3) is 2.04. The predicted octanol–water partition coefficient (Wildman–Crippen LogP) is 3.00. The monoisotopic (exact) mass is 240 g/mol. The van der Waals surface area contributed by atoms with Gasteiger partial charge in [-0.25, -0.2) is 0 Å². The topological polar surface area (TPSA) is 35.8 Å². The van der Waals surface area contributed by atoms with Crippen LogP contribution in [0.25, 0.3) is 0 Å². The molecule has 18 heavy (non-hydrogen) atoms. The molecule has 2 aliphatic carbocycles. The van der Waals surface area contributed by atoms with E-state index in [9.17, 15) is 5.26 Å². The summed E-state index contributed by atoms with van der Waals surface area (Å²) in [5.41, 5.74) is 0.965. The molecule has 2 fully saturated rings. The summed E-state index contributed by atoms with van der Waals surface area (Å²) in [6.07, 6.45) is 6.13. The average molecular weight is 240 g/mol. The molecule has 2 saturated carbocycles. The molecular formula is C16H20N2. The van der Waals surface area contributed by atoms with E-state index >= 15 is 0 Å². The molecule has 3 rings (SSSR count). The van der Waals surface area contributed by atoms with Crippen molar-refractivity contribution in [2.45, 2.75) is 43.6 Å². The van der Waals surface area contributed by atoms with Crippen LogP contribution in [0.4, 0.5) is 0 Å². The van der Waals surface area contributed by atoms with E-state index in [0.29, 0.717) is 6.04 Å². The minimum absolute atomic E-state index is 0.224. The number of benzene rings is 1. The summed E-state index contributed by atoms with van der Waals surface area (Å²) in [6, 6.07) is 13.3. The van der Waals surface area contributed by atoms with Crippen LogP contribution in [0.5, 0.6) is 0 Å². The molecule has 0 saturated heterocycles. The van der Waals surface area contributed by atoms with E-state index in [4.69, 9.17) is 0 Å². The summed E-state index contributed by atoms with van der Waals surface area (Å²) < 4.78 is 0. The van der Waals surface area contributed by atoms with E-state index in [1.54, 1.807) is 0 Å². The third-order valence-electron chi connectivity index (χ3n) is 4.65. The van der Waals surface area contributed by atoms with Crippen LogP contribution in [-0.2, 0) is 5.41 Å². The maximum absolute atomic E-state index is 9.46. The van der Waals surface area contributed by atoms with Crippen LogP contribution >= 0.6 is 0 Å². The number of nitrogens with one attached hydrogen (secondary N) is 1. The Kier molecular flexibility index (Phi) is 3.09. The fourth-order valence-electron chi connectivity index (χ4n) is 3.10. The maximum Gasteiger partial charge on any atom is 0.0852 e. The van der Waals surface area contributed by atoms with Crippen molar-refractivity contribution >= 4 is 0 Å². The zero-order chi connectivity index (χ0) is 12.4. The van der Waals surface area contributed by atoms with Crippen molar-refractivity contribution in [2.24, 2.45) is 5.92 Å². The molecule has 0 aliphatic heterocycles. The highest BCUT2D eigenvalue weighted by atomic mass is 14.9. The fourth-order valence-corrected chi connectivity index (χ4v) is 3.10. The first-order chi connectivity index (χ1) is 8.82. The molecule has 1 N–H and O–H groups in total. The third-order valence-corrected chi connectivity index (χ3v) is 4.65. The smallest absolute Gasteiger partial charge is 0.0852 e. The zero-order valence-corrected chi connectivity index (χ0v) is 10.7. The summed E-state index contributed by atoms with van der Waals surface area (Å²) in [7, 11) is 0. The van der Waals surface area contributed by atoms with Gasteiger partial charge in [0.1, 0.15) is 0 Å². The maximum atomic E-state index is 9.46. The van der Waals surface area contributed by atoms with E-state index in [2.05, 4.69) is 23.5 Å². The Bertz CT molecular complexity index is 436. The second kappa shape index (κ2) is 4.74. The molecule has 0 unspecified atom stereocenters. The summed E-state index contributed by atoms with van der Waals surface area (Å²) in [5.74, 6) is 0.902. The lowest BCUT2D eigenvalue weighted by atomic mass is 9.62. The van der Waals surface area contributed by atoms with Gasteiger partial charge in [0, 0.05) is 6.04 Å². The van der Waals surface area contributed by atoms with Gasteiger partial charge in [-0.15, -0.1) is 0 Å². The second-order valence-corrected chi connectivity index (χ2v) is 5.87. The van der Waals surface area contributed by atoms with Gasteiger partial charge in [-0.3, -0.25) is 0 Å². The molecule has 2 heteroatoms. The molecule has 0 heterocycles. The molecule has 0 amide bonds. The summed E-state index contributed by atoms with van der Waals surface area (Å²) in [6.45, 7) is 1.15. The Morgan fingerprint density at radius 1 is 1.22 bits per heavy atom. The Morgan fingerprint density at radius 2 is 1.94 bits per heavy atom. The van der Waals surface area contributed by atoms with Gasteiger partial charge < -0.3 is 5.32 Å². The Hall–Kier alpha value is -1.33. The predicted molar refractivity (Wildman–Crippen MR) is 72.1 cm³/mol. The van der Waals surface area contributed by atoms with Crippen molar-refractivity contribution in [3.63, 3.8) is 0 Å². The SMILES string of the molecule is N#CC1(c2ccccc2)CC(NCC2CCC2)C1. The van der Waals surface area contributed by atoms with Gasteiger partial charge in [-0.1, -0.05) is 36.8 Å². The fraction of sp³-hybridized carbons (Fsp3) is 0.562. The molecule has 0 bridgehead atoms. The highest BCUT2D eigenvalue weighted by molar-refractivity contribution is 5.36. The number of nitrogens with zero attached hydrogens (tertiary/aromatic N) is 1. The van der Waals surface area contributed by atoms with Gasteiger partial charge in [-0.05, 0) is 43.7 Å². The van der Waals surface area contributed by atoms with Crippen LogP contribution in [0, 0.1) is 17.2 Å². The van der Waals surface area contributed by atoms with Gasteiger partial charge in [0.05, 0.1) is 11.5 Å². The highest BCUT2D eigenvalue weighted by Gasteiger charge is 2.45. The van der Waals surface area contributed by atoms with Crippen LogP contribution in [0.3, 0.4) is 0 Å². The molecule has 0 spiro atoms. The second-order valence-electron chi connectivity index (χ2n) is 5.87. The normalized spacial score (nSPS) is 31.2. The lowest BCUT2D eigenvalue weighted by Gasteiger charge is -2.44. The van der Waals surface area contributed by atoms with E-state index in [-0.39, 0.29) is 5.41 Å². The molecule has 94 valence electrons. The van der Waals surface area contributed by atoms with Gasteiger partial charge in [-0.2, -0.15) is 5.26 Å². The number of hydrogen-bond donors (Lipinski definition) is 1. The van der Waals surface area contributed by atoms with Gasteiger partial charge in [0.2, 0.25) is 0 Å². The number of hydrogen-bond acceptors (Lipinski definition) is 2. The van der Waals surface area contributed by atoms with Gasteiger partial charge >= 0.3 is 0 Å². The van der Waals surface area contributed by atoms with Crippen LogP contribution < -0.4 is 5.32 Å². The lowest BCUT2D eigenvalue weighted by Crippen LogP contribution is -2.52. The highest BCUT2D eigenvalue weighted by Crippen LogP contribution is 2.43. The van der Waals surface area contributed by atoms with Crippen molar-refractivity contribution in [2.75, 3.05) is 6.54 Å². The van der Waals surface area contributed by atoms with E-state index in [1.165, 1.54) is 24.8 Å². The van der Waals surface area contributed by atoms with Gasteiger partial charge in [0.15, 0.2) is 0 Å². The van der Waals surface area contributed by atoms with E-state index < -0.39 is 0 Å². The van der Waals surface area contributed by atoms with Crippen LogP contribution in [0.15, 0.2) is 30.3 Å². The summed E-state index contributed by atoms with van der Waals surface area (Å²) in [5, 5.41) is 13.1. The van der Waals surface area contributed by atoms with E-state index in [1.807, 2.05) is 18.2 Å². The first-order valence-corrected chi connectivity index (χ1v) is 7.02. The average Bonchev–Trinajstić information content (AvgIpc) is 2.31. The zero-order valence-electron chi connectivity index (χ0n) is 10.7. The minimum Gasteiger partial charge on any atom is -0.314 e. The molecule has 1 aromatic rings. The molecule has 0 aromatic heterocycles. The first kappa shape index (κ1) is 11.7. The molecule has 2 nitrogen and oxygen atoms in total. The largest absolute Gasteiger partial charge is 0.314 e. The molecule has 0 atom stereocenters. The molecular weight excluding hydrogens is 220 g/mol. The summed E-state index contributed by atoms with van der Waals surface area (Å²) >= 11 is 0. The van der Waals surface area contributed by atoms with Crippen molar-refractivity contribution in [3.05, 3.63) is 35.9 Å². The molecule has 2 aliphatic rings. The van der Waals surface area contributed by atoms with Crippen molar-refractivity contribution in [3.8, 4) is 6.07 Å². The van der Waals surface area contributed by atoms with Crippen LogP contribution in [-0.4, -0.2) is 12.6 Å². The van der Waals surface area contributed by atoms with Crippen molar-refractivity contribution < 1.29 is 0 Å². The van der Waals surface area contributed by atoms with E-state index in [0.717, 1.165) is 25.3 Å². The van der Waals surface area contributed by atoms with Crippen LogP contribution in [0.1, 0.15) is 37.7 Å². The summed E-state index contributed by atoms with van der Waals surface area (Å²) in [4.78, 5) is 0. The van der Waals surface area contributed by atoms with Gasteiger partial charge in [0.25, 0.3) is 0 Å².